The van der Waals surface area contributed by atoms with Crippen LogP contribution in [0.3, 0.4) is 0 Å². The summed E-state index contributed by atoms with van der Waals surface area (Å²) in [6, 6.07) is 7.96. The molecule has 2 atom stereocenters. The normalized spacial score (nSPS) is 19.8. The number of ether oxygens (including phenoxy) is 1. The fraction of sp³-hybridized carbons (Fsp3) is 0.429. The summed E-state index contributed by atoms with van der Waals surface area (Å²) in [6.07, 6.45) is 0.917. The molecule has 174 valence electrons. The number of benzene rings is 1. The van der Waals surface area contributed by atoms with Crippen molar-refractivity contribution in [2.75, 3.05) is 19.7 Å². The van der Waals surface area contributed by atoms with Gasteiger partial charge in [0.2, 0.25) is 5.88 Å². The summed E-state index contributed by atoms with van der Waals surface area (Å²) in [5.41, 5.74) is 1.23. The third-order valence-electron chi connectivity index (χ3n) is 5.33. The van der Waals surface area contributed by atoms with Crippen LogP contribution in [0.4, 0.5) is 4.39 Å². The summed E-state index contributed by atoms with van der Waals surface area (Å²) in [5.74, 6) is -0.465. The molecule has 11 heteroatoms. The van der Waals surface area contributed by atoms with Crippen LogP contribution in [0.5, 0.6) is 5.88 Å². The Kier molecular flexibility index (Phi) is 8.06. The van der Waals surface area contributed by atoms with Crippen LogP contribution >= 0.6 is 23.5 Å². The van der Waals surface area contributed by atoms with E-state index in [1.165, 1.54) is 24.4 Å². The van der Waals surface area contributed by atoms with Crippen LogP contribution < -0.4 is 4.74 Å². The van der Waals surface area contributed by atoms with Crippen molar-refractivity contribution in [3.8, 4) is 5.88 Å². The number of rotatable bonds is 7. The molecule has 32 heavy (non-hydrogen) atoms. The lowest BCUT2D eigenvalue weighted by molar-refractivity contribution is -0.139. The van der Waals surface area contributed by atoms with Crippen molar-refractivity contribution in [1.82, 2.24) is 14.8 Å². The van der Waals surface area contributed by atoms with Gasteiger partial charge in [0.05, 0.1) is 6.16 Å². The number of carbonyl (C=O) groups is 1. The Morgan fingerprint density at radius 2 is 1.94 bits per heavy atom. The summed E-state index contributed by atoms with van der Waals surface area (Å²) in [6.45, 7) is 5.54. The molecule has 1 aliphatic heterocycles. The Hall–Kier alpha value is -1.84. The maximum absolute atomic E-state index is 13.1. The number of amides is 1. The largest absolute Gasteiger partial charge is 0.467 e. The molecular formula is C21H26BrFN3O5P. The van der Waals surface area contributed by atoms with E-state index in [1.54, 1.807) is 17.0 Å². The monoisotopic (exact) mass is 529 g/mol. The van der Waals surface area contributed by atoms with Gasteiger partial charge in [0.15, 0.2) is 6.61 Å². The van der Waals surface area contributed by atoms with E-state index in [0.29, 0.717) is 24.1 Å². The number of nitrogens with zero attached hydrogens (tertiary/aromatic N) is 3. The van der Waals surface area contributed by atoms with Gasteiger partial charge in [-0.15, -0.1) is 0 Å². The highest BCUT2D eigenvalue weighted by atomic mass is 79.9. The Morgan fingerprint density at radius 1 is 1.25 bits per heavy atom. The van der Waals surface area contributed by atoms with Gasteiger partial charge in [-0.3, -0.25) is 14.3 Å². The second-order valence-corrected chi connectivity index (χ2v) is 10.6. The van der Waals surface area contributed by atoms with Crippen LogP contribution in [0.15, 0.2) is 41.0 Å². The van der Waals surface area contributed by atoms with Gasteiger partial charge >= 0.3 is 7.60 Å². The van der Waals surface area contributed by atoms with Gasteiger partial charge in [-0.05, 0) is 53.5 Å². The summed E-state index contributed by atoms with van der Waals surface area (Å²) >= 11 is 3.22. The van der Waals surface area contributed by atoms with Crippen molar-refractivity contribution in [2.24, 2.45) is 0 Å². The zero-order chi connectivity index (χ0) is 23.5. The minimum atomic E-state index is -4.33. The highest BCUT2D eigenvalue weighted by molar-refractivity contribution is 9.10. The van der Waals surface area contributed by atoms with Crippen molar-refractivity contribution >= 4 is 29.4 Å². The minimum absolute atomic E-state index is 0.0283. The van der Waals surface area contributed by atoms with Gasteiger partial charge in [-0.2, -0.15) is 0 Å². The maximum Gasteiger partial charge on any atom is 0.330 e. The summed E-state index contributed by atoms with van der Waals surface area (Å²) in [5, 5.41) is 0. The van der Waals surface area contributed by atoms with E-state index < -0.39 is 13.8 Å². The molecule has 0 saturated carbocycles. The Morgan fingerprint density at radius 3 is 2.59 bits per heavy atom. The first-order valence-corrected chi connectivity index (χ1v) is 12.7. The Labute approximate surface area is 194 Å². The van der Waals surface area contributed by atoms with Crippen LogP contribution in [0.1, 0.15) is 25.0 Å². The summed E-state index contributed by atoms with van der Waals surface area (Å²) in [7, 11) is -4.33. The van der Waals surface area contributed by atoms with Crippen molar-refractivity contribution in [2.45, 2.75) is 38.6 Å². The number of pyridine rings is 1. The molecule has 2 N–H and O–H groups in total. The molecule has 8 nitrogen and oxygen atoms in total. The molecule has 2 aromatic rings. The average molecular weight is 530 g/mol. The first-order chi connectivity index (χ1) is 15.0. The van der Waals surface area contributed by atoms with E-state index in [4.69, 9.17) is 4.74 Å². The highest BCUT2D eigenvalue weighted by Crippen LogP contribution is 2.41. The third kappa shape index (κ3) is 6.83. The molecule has 1 fully saturated rings. The first-order valence-electron chi connectivity index (χ1n) is 10.1. The van der Waals surface area contributed by atoms with Gasteiger partial charge < -0.3 is 19.4 Å². The molecule has 1 saturated heterocycles. The zero-order valence-corrected chi connectivity index (χ0v) is 20.3. The molecule has 2 heterocycles. The minimum Gasteiger partial charge on any atom is -0.467 e. The van der Waals surface area contributed by atoms with Crippen LogP contribution in [0.2, 0.25) is 0 Å². The van der Waals surface area contributed by atoms with E-state index >= 15 is 0 Å². The molecule has 3 rings (SSSR count). The van der Waals surface area contributed by atoms with E-state index in [1.807, 2.05) is 13.8 Å². The molecule has 0 unspecified atom stereocenters. The highest BCUT2D eigenvalue weighted by Gasteiger charge is 2.32. The van der Waals surface area contributed by atoms with Crippen molar-refractivity contribution in [3.05, 3.63) is 57.9 Å². The van der Waals surface area contributed by atoms with E-state index in [0.717, 1.165) is 5.56 Å². The number of hydrogen-bond acceptors (Lipinski definition) is 5. The molecule has 0 spiro atoms. The van der Waals surface area contributed by atoms with E-state index in [9.17, 15) is 23.5 Å². The maximum atomic E-state index is 13.1. The lowest BCUT2D eigenvalue weighted by Crippen LogP contribution is -2.58. The van der Waals surface area contributed by atoms with E-state index in [2.05, 4.69) is 25.8 Å². The van der Waals surface area contributed by atoms with Gasteiger partial charge in [0, 0.05) is 48.0 Å². The van der Waals surface area contributed by atoms with Gasteiger partial charge in [0.25, 0.3) is 5.91 Å². The zero-order valence-electron chi connectivity index (χ0n) is 17.8. The molecule has 1 aromatic carbocycles. The Bertz CT molecular complexity index is 1000. The fourth-order valence-corrected chi connectivity index (χ4v) is 4.79. The van der Waals surface area contributed by atoms with E-state index in [-0.39, 0.29) is 41.9 Å². The van der Waals surface area contributed by atoms with Gasteiger partial charge in [0.1, 0.15) is 5.82 Å². The van der Waals surface area contributed by atoms with Crippen molar-refractivity contribution in [3.63, 3.8) is 0 Å². The van der Waals surface area contributed by atoms with Crippen LogP contribution in [-0.2, 0) is 22.1 Å². The summed E-state index contributed by atoms with van der Waals surface area (Å²) < 4.78 is 30.7. The molecule has 0 aliphatic carbocycles. The predicted octanol–water partition coefficient (Wildman–Crippen LogP) is 3.16. The number of halogens is 2. The van der Waals surface area contributed by atoms with Crippen molar-refractivity contribution < 1.29 is 28.3 Å². The molecule has 1 aliphatic rings. The van der Waals surface area contributed by atoms with Crippen molar-refractivity contribution in [1.29, 1.82) is 0 Å². The second-order valence-electron chi connectivity index (χ2n) is 8.03. The molecule has 1 aromatic heterocycles. The number of carbonyl (C=O) groups excluding carboxylic acids is 1. The van der Waals surface area contributed by atoms with Crippen LogP contribution in [0.25, 0.3) is 0 Å². The number of piperazine rings is 1. The van der Waals surface area contributed by atoms with Gasteiger partial charge in [-0.25, -0.2) is 9.37 Å². The van der Waals surface area contributed by atoms with Crippen LogP contribution in [0, 0.1) is 5.82 Å². The number of aromatic nitrogens is 1. The SMILES string of the molecule is C[C@@H]1CN(Cc2ccc(F)cc2)[C@@H](C)CN1C(=O)COc1ncc(Br)cc1CP(=O)(O)O. The molecule has 1 amide bonds. The average Bonchev–Trinajstić information content (AvgIpc) is 2.70. The smallest absolute Gasteiger partial charge is 0.330 e. The number of hydrogen-bond donors (Lipinski definition) is 2. The van der Waals surface area contributed by atoms with Crippen LogP contribution in [-0.4, -0.2) is 62.3 Å². The topological polar surface area (TPSA) is 103 Å². The van der Waals surface area contributed by atoms with Gasteiger partial charge in [-0.1, -0.05) is 12.1 Å². The first kappa shape index (κ1) is 24.8. The molecular weight excluding hydrogens is 504 g/mol. The fourth-order valence-electron chi connectivity index (χ4n) is 3.74. The molecule has 0 radical (unpaired) electrons. The predicted molar refractivity (Wildman–Crippen MR) is 121 cm³/mol. The summed E-state index contributed by atoms with van der Waals surface area (Å²) in [4.78, 5) is 39.5. The molecule has 0 bridgehead atoms. The lowest BCUT2D eigenvalue weighted by Gasteiger charge is -2.44. The Balaban J connectivity index is 1.61. The quantitative estimate of drug-likeness (QED) is 0.531. The standard InChI is InChI=1S/C21H26BrFN3O5P/c1-14-10-26(15(2)9-25(14)11-16-3-5-19(23)6-4-16)20(27)12-31-21-17(13-32(28,29)30)7-18(22)8-24-21/h3-8,14-15H,9-13H2,1-2H3,(H2,28,29,30)/t14-,15+/m0/s1. The third-order valence-corrected chi connectivity index (χ3v) is 6.52. The lowest BCUT2D eigenvalue weighted by atomic mass is 10.1. The second kappa shape index (κ2) is 10.4.